The fourth-order valence-electron chi connectivity index (χ4n) is 4.57. The molecule has 0 saturated heterocycles. The lowest BCUT2D eigenvalue weighted by Crippen LogP contribution is -2.46. The average Bonchev–Trinajstić information content (AvgIpc) is 3.19. The highest BCUT2D eigenvalue weighted by molar-refractivity contribution is 5.69. The van der Waals surface area contributed by atoms with Crippen molar-refractivity contribution in [1.29, 1.82) is 0 Å². The second-order valence-corrected chi connectivity index (χ2v) is 9.63. The number of halogens is 2. The summed E-state index contributed by atoms with van der Waals surface area (Å²) in [6.45, 7) is 6.24. The van der Waals surface area contributed by atoms with Crippen LogP contribution in [0.15, 0.2) is 36.4 Å². The van der Waals surface area contributed by atoms with E-state index in [1.807, 2.05) is 0 Å². The first kappa shape index (κ1) is 26.1. The van der Waals surface area contributed by atoms with Crippen molar-refractivity contribution in [2.45, 2.75) is 64.5 Å². The first-order chi connectivity index (χ1) is 16.2. The summed E-state index contributed by atoms with van der Waals surface area (Å²) in [4.78, 5) is 11.4. The molecule has 1 atom stereocenters. The van der Waals surface area contributed by atoms with Crippen molar-refractivity contribution in [1.82, 2.24) is 5.32 Å². The van der Waals surface area contributed by atoms with Gasteiger partial charge in [-0.3, -0.25) is 4.79 Å². The van der Waals surface area contributed by atoms with E-state index in [-0.39, 0.29) is 49.5 Å². The lowest BCUT2D eigenvalue weighted by molar-refractivity contribution is -0.143. The highest BCUT2D eigenvalue weighted by Gasteiger charge is 2.28. The second kappa shape index (κ2) is 11.8. The van der Waals surface area contributed by atoms with Crippen LogP contribution in [0.1, 0.15) is 50.3 Å². The van der Waals surface area contributed by atoms with Gasteiger partial charge in [0.25, 0.3) is 0 Å². The fourth-order valence-corrected chi connectivity index (χ4v) is 4.57. The molecule has 0 bridgehead atoms. The molecule has 0 radical (unpaired) electrons. The Balaban J connectivity index is 1.44. The normalized spacial score (nSPS) is 14.6. The van der Waals surface area contributed by atoms with Gasteiger partial charge in [0.05, 0.1) is 6.61 Å². The summed E-state index contributed by atoms with van der Waals surface area (Å²) in [5, 5.41) is 13.7. The number of hydrogen-bond donors (Lipinski definition) is 2. The first-order valence-electron chi connectivity index (χ1n) is 11.9. The molecule has 0 saturated carbocycles. The molecule has 0 spiro atoms. The third-order valence-corrected chi connectivity index (χ3v) is 6.21. The smallest absolute Gasteiger partial charge is 0.306 e. The van der Waals surface area contributed by atoms with Crippen molar-refractivity contribution >= 4 is 5.97 Å². The Morgan fingerprint density at radius 1 is 1.15 bits per heavy atom. The molecule has 0 fully saturated rings. The van der Waals surface area contributed by atoms with Crippen LogP contribution in [0.2, 0.25) is 0 Å². The van der Waals surface area contributed by atoms with Gasteiger partial charge in [-0.15, -0.1) is 0 Å². The van der Waals surface area contributed by atoms with Crippen molar-refractivity contribution in [3.05, 3.63) is 64.7 Å². The zero-order valence-corrected chi connectivity index (χ0v) is 20.2. The predicted molar refractivity (Wildman–Crippen MR) is 127 cm³/mol. The summed E-state index contributed by atoms with van der Waals surface area (Å²) >= 11 is 0. The molecule has 0 heterocycles. The molecule has 2 N–H and O–H groups in total. The van der Waals surface area contributed by atoms with Gasteiger partial charge in [0.2, 0.25) is 5.82 Å². The van der Waals surface area contributed by atoms with Gasteiger partial charge in [0.15, 0.2) is 11.6 Å². The topological polar surface area (TPSA) is 67.8 Å². The molecule has 2 aromatic carbocycles. The van der Waals surface area contributed by atoms with E-state index in [1.165, 1.54) is 23.3 Å². The monoisotopic (exact) mass is 475 g/mol. The Hall–Kier alpha value is -2.51. The number of ether oxygens (including phenoxy) is 2. The van der Waals surface area contributed by atoms with E-state index < -0.39 is 23.7 Å². The van der Waals surface area contributed by atoms with Crippen LogP contribution in [0.25, 0.3) is 0 Å². The van der Waals surface area contributed by atoms with Gasteiger partial charge in [-0.2, -0.15) is 4.39 Å². The number of hydrogen-bond acceptors (Lipinski definition) is 5. The molecule has 1 aliphatic rings. The largest absolute Gasteiger partial charge is 0.488 e. The summed E-state index contributed by atoms with van der Waals surface area (Å²) < 4.78 is 38.9. The molecule has 186 valence electrons. The van der Waals surface area contributed by atoms with Gasteiger partial charge in [0.1, 0.15) is 12.7 Å². The maximum Gasteiger partial charge on any atom is 0.306 e. The van der Waals surface area contributed by atoms with Gasteiger partial charge in [-0.05, 0) is 75.1 Å². The van der Waals surface area contributed by atoms with E-state index >= 15 is 0 Å². The minimum Gasteiger partial charge on any atom is -0.488 e. The summed E-state index contributed by atoms with van der Waals surface area (Å²) in [6.07, 6.45) is 2.21. The molecule has 2 aromatic rings. The number of nitrogens with one attached hydrogen (secondary N) is 1. The minimum atomic E-state index is -1.12. The van der Waals surface area contributed by atoms with Gasteiger partial charge in [0, 0.05) is 18.5 Å². The quantitative estimate of drug-likeness (QED) is 0.446. The molecule has 0 aliphatic heterocycles. The summed E-state index contributed by atoms with van der Waals surface area (Å²) in [6, 6.07) is 11.2. The Morgan fingerprint density at radius 2 is 1.82 bits per heavy atom. The number of aliphatic hydroxyl groups excluding tert-OH is 1. The van der Waals surface area contributed by atoms with Crippen LogP contribution in [-0.4, -0.2) is 42.5 Å². The van der Waals surface area contributed by atoms with E-state index in [0.717, 1.165) is 19.3 Å². The minimum absolute atomic E-state index is 0.0302. The number of carbonyl (C=O) groups is 1. The lowest BCUT2D eigenvalue weighted by Gasteiger charge is -2.30. The van der Waals surface area contributed by atoms with E-state index in [2.05, 4.69) is 43.4 Å². The van der Waals surface area contributed by atoms with Crippen molar-refractivity contribution in [2.24, 2.45) is 5.92 Å². The Labute approximate surface area is 200 Å². The summed E-state index contributed by atoms with van der Waals surface area (Å²) in [7, 11) is 0. The zero-order valence-electron chi connectivity index (χ0n) is 20.2. The number of aryl methyl sites for hydroxylation is 1. The maximum absolute atomic E-state index is 14.4. The number of β-amino-alcohol motifs (C(OH)–C–C–N with tert-alkyl or cyclic N) is 1. The Morgan fingerprint density at radius 3 is 2.47 bits per heavy atom. The molecule has 3 rings (SSSR count). The van der Waals surface area contributed by atoms with Crippen molar-refractivity contribution < 1.29 is 28.2 Å². The third-order valence-electron chi connectivity index (χ3n) is 6.21. The van der Waals surface area contributed by atoms with Gasteiger partial charge < -0.3 is 19.9 Å². The first-order valence-corrected chi connectivity index (χ1v) is 11.9. The van der Waals surface area contributed by atoms with Gasteiger partial charge >= 0.3 is 5.97 Å². The van der Waals surface area contributed by atoms with Crippen LogP contribution in [0.5, 0.6) is 5.75 Å². The Kier molecular flexibility index (Phi) is 9.03. The Bertz CT molecular complexity index is 954. The van der Waals surface area contributed by atoms with Crippen LogP contribution in [0.4, 0.5) is 8.78 Å². The molecular weight excluding hydrogens is 440 g/mol. The molecule has 34 heavy (non-hydrogen) atoms. The van der Waals surface area contributed by atoms with E-state index in [9.17, 15) is 18.7 Å². The summed E-state index contributed by atoms with van der Waals surface area (Å²) in [5.41, 5.74) is 2.72. The number of carbonyl (C=O) groups excluding carboxylic acids is 1. The van der Waals surface area contributed by atoms with Crippen molar-refractivity contribution in [3.8, 4) is 5.75 Å². The van der Waals surface area contributed by atoms with Crippen molar-refractivity contribution in [3.63, 3.8) is 0 Å². The van der Waals surface area contributed by atoms with Gasteiger partial charge in [-0.25, -0.2) is 4.39 Å². The van der Waals surface area contributed by atoms with Gasteiger partial charge in [-0.1, -0.05) is 30.3 Å². The number of fused-ring (bicyclic) bond motifs is 1. The number of esters is 1. The number of benzene rings is 2. The van der Waals surface area contributed by atoms with Crippen LogP contribution in [0, 0.1) is 17.6 Å². The molecular formula is C27H35F2NO4. The van der Waals surface area contributed by atoms with Crippen LogP contribution >= 0.6 is 0 Å². The average molecular weight is 476 g/mol. The van der Waals surface area contributed by atoms with E-state index in [1.54, 1.807) is 6.92 Å². The standard InChI is InChI=1S/C27H35F2NO4/c1-4-33-24(32)12-10-19-9-11-23(26(29)25(19)28)34-17-22(31)16-30-27(2,3)15-18-13-20-7-5-6-8-21(20)14-18/h5-9,11,18,22,30-31H,4,10,12-17H2,1-3H3/t22-/m1/s1. The van der Waals surface area contributed by atoms with Crippen molar-refractivity contribution in [2.75, 3.05) is 19.8 Å². The second-order valence-electron chi connectivity index (χ2n) is 9.63. The number of rotatable bonds is 12. The number of aliphatic hydroxyl groups is 1. The maximum atomic E-state index is 14.4. The zero-order chi connectivity index (χ0) is 24.7. The highest BCUT2D eigenvalue weighted by Crippen LogP contribution is 2.32. The highest BCUT2D eigenvalue weighted by atomic mass is 19.2. The van der Waals surface area contributed by atoms with Crippen LogP contribution < -0.4 is 10.1 Å². The third kappa shape index (κ3) is 7.24. The molecule has 7 heteroatoms. The lowest BCUT2D eigenvalue weighted by atomic mass is 9.88. The molecule has 0 unspecified atom stereocenters. The van der Waals surface area contributed by atoms with Crippen LogP contribution in [-0.2, 0) is 28.8 Å². The van der Waals surface area contributed by atoms with Crippen LogP contribution in [0.3, 0.4) is 0 Å². The molecule has 0 amide bonds. The molecule has 5 nitrogen and oxygen atoms in total. The predicted octanol–water partition coefficient (Wildman–Crippen LogP) is 4.37. The fraction of sp³-hybridized carbons (Fsp3) is 0.519. The van der Waals surface area contributed by atoms with E-state index in [0.29, 0.717) is 5.92 Å². The SMILES string of the molecule is CCOC(=O)CCc1ccc(OC[C@H](O)CNC(C)(C)CC2Cc3ccccc3C2)c(F)c1F. The molecule has 1 aliphatic carbocycles. The summed E-state index contributed by atoms with van der Waals surface area (Å²) in [5.74, 6) is -2.35. The van der Waals surface area contributed by atoms with E-state index in [4.69, 9.17) is 9.47 Å². The molecule has 0 aromatic heterocycles.